The smallest absolute Gasteiger partial charge is 0.269 e. The molecule has 30 heavy (non-hydrogen) atoms. The van der Waals surface area contributed by atoms with Gasteiger partial charge in [0.15, 0.2) is 0 Å². The lowest BCUT2D eigenvalue weighted by Crippen LogP contribution is -2.41. The Morgan fingerprint density at radius 3 is 2.67 bits per heavy atom. The Kier molecular flexibility index (Phi) is 4.86. The summed E-state index contributed by atoms with van der Waals surface area (Å²) in [6.45, 7) is 1.32. The largest absolute Gasteiger partial charge is 0.337 e. The van der Waals surface area contributed by atoms with Gasteiger partial charge in [-0.15, -0.1) is 0 Å². The van der Waals surface area contributed by atoms with Crippen LogP contribution < -0.4 is 0 Å². The van der Waals surface area contributed by atoms with Crippen LogP contribution in [-0.4, -0.2) is 53.2 Å². The SMILES string of the molecule is Cc1cccc(-c2noc(CN(C)C(=O)CN3C(=O)c4ccccc4S3(=O)=O)n2)c1. The van der Waals surface area contributed by atoms with E-state index in [1.807, 2.05) is 31.2 Å². The molecule has 0 radical (unpaired) electrons. The molecule has 0 N–H and O–H groups in total. The van der Waals surface area contributed by atoms with E-state index in [1.54, 1.807) is 6.07 Å². The normalized spacial score (nSPS) is 14.6. The second-order valence-electron chi connectivity index (χ2n) is 6.94. The van der Waals surface area contributed by atoms with Gasteiger partial charge < -0.3 is 9.42 Å². The minimum absolute atomic E-state index is 0.0212. The second-order valence-corrected chi connectivity index (χ2v) is 8.77. The van der Waals surface area contributed by atoms with Crippen LogP contribution in [0.3, 0.4) is 0 Å². The van der Waals surface area contributed by atoms with E-state index in [0.29, 0.717) is 10.1 Å². The molecule has 0 aliphatic carbocycles. The summed E-state index contributed by atoms with van der Waals surface area (Å²) in [6, 6.07) is 13.5. The lowest BCUT2D eigenvalue weighted by molar-refractivity contribution is -0.130. The highest BCUT2D eigenvalue weighted by Crippen LogP contribution is 2.29. The van der Waals surface area contributed by atoms with Gasteiger partial charge in [0.25, 0.3) is 15.9 Å². The van der Waals surface area contributed by atoms with Gasteiger partial charge in [-0.2, -0.15) is 4.98 Å². The fourth-order valence-electron chi connectivity index (χ4n) is 3.14. The predicted octanol–water partition coefficient (Wildman–Crippen LogP) is 1.85. The van der Waals surface area contributed by atoms with E-state index in [0.717, 1.165) is 11.1 Å². The van der Waals surface area contributed by atoms with Crippen LogP contribution >= 0.6 is 0 Å². The molecule has 1 aliphatic rings. The van der Waals surface area contributed by atoms with Crippen LogP contribution in [0.5, 0.6) is 0 Å². The molecule has 9 nitrogen and oxygen atoms in total. The quantitative estimate of drug-likeness (QED) is 0.612. The molecule has 2 aromatic carbocycles. The molecule has 10 heteroatoms. The number of carbonyl (C=O) groups is 2. The van der Waals surface area contributed by atoms with Crippen LogP contribution in [0.15, 0.2) is 57.9 Å². The average Bonchev–Trinajstić information content (AvgIpc) is 3.26. The van der Waals surface area contributed by atoms with Crippen LogP contribution in [0.1, 0.15) is 21.8 Å². The maximum Gasteiger partial charge on any atom is 0.269 e. The number of nitrogens with zero attached hydrogens (tertiary/aromatic N) is 4. The molecule has 2 heterocycles. The van der Waals surface area contributed by atoms with Crippen LogP contribution in [0.2, 0.25) is 0 Å². The molecular formula is C20H18N4O5S. The molecule has 0 spiro atoms. The first-order chi connectivity index (χ1) is 14.3. The van der Waals surface area contributed by atoms with E-state index in [4.69, 9.17) is 4.52 Å². The zero-order valence-electron chi connectivity index (χ0n) is 16.3. The number of aromatic nitrogens is 2. The average molecular weight is 426 g/mol. The molecule has 3 aromatic rings. The number of benzene rings is 2. The second kappa shape index (κ2) is 7.38. The number of amides is 2. The molecule has 0 saturated heterocycles. The minimum atomic E-state index is -4.05. The van der Waals surface area contributed by atoms with Crippen LogP contribution in [0.25, 0.3) is 11.4 Å². The summed E-state index contributed by atoms with van der Waals surface area (Å²) in [7, 11) is -2.58. The Morgan fingerprint density at radius 1 is 1.17 bits per heavy atom. The maximum absolute atomic E-state index is 12.6. The van der Waals surface area contributed by atoms with Gasteiger partial charge in [-0.25, -0.2) is 12.7 Å². The fourth-order valence-corrected chi connectivity index (χ4v) is 4.66. The summed E-state index contributed by atoms with van der Waals surface area (Å²) < 4.78 is 31.0. The van der Waals surface area contributed by atoms with Gasteiger partial charge >= 0.3 is 0 Å². The zero-order chi connectivity index (χ0) is 21.5. The van der Waals surface area contributed by atoms with Gasteiger partial charge in [0, 0.05) is 12.6 Å². The standard InChI is InChI=1S/C20H18N4O5S/c1-13-6-5-7-14(10-13)19-21-17(29-22-19)11-23(2)18(25)12-24-20(26)15-8-3-4-9-16(15)30(24,27)28/h3-10H,11-12H2,1-2H3. The van der Waals surface area contributed by atoms with E-state index >= 15 is 0 Å². The molecule has 154 valence electrons. The van der Waals surface area contributed by atoms with Gasteiger partial charge in [-0.05, 0) is 25.1 Å². The van der Waals surface area contributed by atoms with E-state index < -0.39 is 28.4 Å². The summed E-state index contributed by atoms with van der Waals surface area (Å²) in [6.07, 6.45) is 0. The summed E-state index contributed by atoms with van der Waals surface area (Å²) in [5.74, 6) is -0.703. The summed E-state index contributed by atoms with van der Waals surface area (Å²) >= 11 is 0. The minimum Gasteiger partial charge on any atom is -0.337 e. The monoisotopic (exact) mass is 426 g/mol. The van der Waals surface area contributed by atoms with Gasteiger partial charge in [-0.3, -0.25) is 9.59 Å². The van der Waals surface area contributed by atoms with Crippen LogP contribution in [0.4, 0.5) is 0 Å². The van der Waals surface area contributed by atoms with Crippen molar-refractivity contribution in [3.8, 4) is 11.4 Å². The molecule has 0 bridgehead atoms. The van der Waals surface area contributed by atoms with E-state index in [2.05, 4.69) is 10.1 Å². The van der Waals surface area contributed by atoms with E-state index in [9.17, 15) is 18.0 Å². The van der Waals surface area contributed by atoms with Crippen molar-refractivity contribution in [3.63, 3.8) is 0 Å². The summed E-state index contributed by atoms with van der Waals surface area (Å²) in [5.41, 5.74) is 1.89. The van der Waals surface area contributed by atoms with Crippen LogP contribution in [-0.2, 0) is 21.4 Å². The molecular weight excluding hydrogens is 408 g/mol. The zero-order valence-corrected chi connectivity index (χ0v) is 17.1. The number of fused-ring (bicyclic) bond motifs is 1. The van der Waals surface area contributed by atoms with Crippen molar-refractivity contribution >= 4 is 21.8 Å². The van der Waals surface area contributed by atoms with E-state index in [1.165, 1.54) is 30.1 Å². The topological polar surface area (TPSA) is 114 Å². The first kappa shape index (κ1) is 19.8. The van der Waals surface area contributed by atoms with Gasteiger partial charge in [0.05, 0.1) is 12.1 Å². The number of aryl methyl sites for hydroxylation is 1. The highest BCUT2D eigenvalue weighted by molar-refractivity contribution is 7.90. The molecule has 0 unspecified atom stereocenters. The van der Waals surface area contributed by atoms with Crippen molar-refractivity contribution in [2.24, 2.45) is 0 Å². The predicted molar refractivity (Wildman–Crippen MR) is 106 cm³/mol. The summed E-state index contributed by atoms with van der Waals surface area (Å²) in [5, 5.41) is 3.92. The lowest BCUT2D eigenvalue weighted by Gasteiger charge is -2.19. The van der Waals surface area contributed by atoms with Crippen LogP contribution in [0, 0.1) is 6.92 Å². The molecule has 1 aliphatic heterocycles. The maximum atomic E-state index is 12.6. The Morgan fingerprint density at radius 2 is 1.93 bits per heavy atom. The van der Waals surface area contributed by atoms with Gasteiger partial charge in [0.1, 0.15) is 11.4 Å². The third-order valence-electron chi connectivity index (χ3n) is 4.73. The Hall–Kier alpha value is -3.53. The number of likely N-dealkylation sites (N-methyl/N-ethyl adjacent to an activating group) is 1. The van der Waals surface area contributed by atoms with Crippen molar-refractivity contribution < 1.29 is 22.5 Å². The fraction of sp³-hybridized carbons (Fsp3) is 0.200. The number of carbonyl (C=O) groups excluding carboxylic acids is 2. The lowest BCUT2D eigenvalue weighted by atomic mass is 10.1. The molecule has 0 fully saturated rings. The highest BCUT2D eigenvalue weighted by Gasteiger charge is 2.42. The first-order valence-corrected chi connectivity index (χ1v) is 10.5. The number of rotatable bonds is 5. The Bertz CT molecular complexity index is 1250. The van der Waals surface area contributed by atoms with Crippen molar-refractivity contribution in [2.75, 3.05) is 13.6 Å². The summed E-state index contributed by atoms with van der Waals surface area (Å²) in [4.78, 5) is 30.5. The number of hydrogen-bond donors (Lipinski definition) is 0. The van der Waals surface area contributed by atoms with Crippen molar-refractivity contribution in [1.82, 2.24) is 19.3 Å². The molecule has 2 amide bonds. The number of hydrogen-bond acceptors (Lipinski definition) is 7. The molecule has 0 saturated carbocycles. The Balaban J connectivity index is 1.46. The third kappa shape index (κ3) is 3.45. The first-order valence-electron chi connectivity index (χ1n) is 9.07. The van der Waals surface area contributed by atoms with Crippen molar-refractivity contribution in [1.29, 1.82) is 0 Å². The Labute approximate surface area is 173 Å². The molecule has 1 aromatic heterocycles. The molecule has 4 rings (SSSR count). The van der Waals surface area contributed by atoms with E-state index in [-0.39, 0.29) is 22.9 Å². The third-order valence-corrected chi connectivity index (χ3v) is 6.52. The number of sulfonamides is 1. The van der Waals surface area contributed by atoms with Crippen molar-refractivity contribution in [2.45, 2.75) is 18.4 Å². The van der Waals surface area contributed by atoms with Gasteiger partial charge in [0.2, 0.25) is 17.6 Å². The molecule has 0 atom stereocenters. The highest BCUT2D eigenvalue weighted by atomic mass is 32.2. The van der Waals surface area contributed by atoms with Gasteiger partial charge in [-0.1, -0.05) is 41.1 Å². The van der Waals surface area contributed by atoms with Crippen molar-refractivity contribution in [3.05, 3.63) is 65.5 Å².